The van der Waals surface area contributed by atoms with Crippen molar-refractivity contribution in [1.82, 2.24) is 9.88 Å². The molecule has 1 amide bonds. The highest BCUT2D eigenvalue weighted by Crippen LogP contribution is 2.00. The molecule has 0 spiro atoms. The fourth-order valence-corrected chi connectivity index (χ4v) is 1.77. The van der Waals surface area contributed by atoms with Crippen molar-refractivity contribution in [3.8, 4) is 0 Å². The van der Waals surface area contributed by atoms with Crippen molar-refractivity contribution in [3.63, 3.8) is 0 Å². The minimum absolute atomic E-state index is 0.0163. The molecule has 0 unspecified atom stereocenters. The number of amides is 1. The van der Waals surface area contributed by atoms with E-state index in [1.165, 1.54) is 0 Å². The van der Waals surface area contributed by atoms with E-state index in [-0.39, 0.29) is 11.5 Å². The molecule has 18 heavy (non-hydrogen) atoms. The number of unbranched alkanes of at least 4 members (excludes halogenated alkanes) is 1. The highest BCUT2D eigenvalue weighted by Gasteiger charge is 2.02. The molecule has 0 bridgehead atoms. The first-order valence-electron chi connectivity index (χ1n) is 6.28. The van der Waals surface area contributed by atoms with Gasteiger partial charge in [0.05, 0.1) is 0 Å². The molecule has 1 rings (SSSR count). The molecule has 0 aliphatic rings. The summed E-state index contributed by atoms with van der Waals surface area (Å²) in [5.41, 5.74) is 6.26. The molecule has 0 saturated heterocycles. The van der Waals surface area contributed by atoms with Crippen molar-refractivity contribution in [1.29, 1.82) is 0 Å². The van der Waals surface area contributed by atoms with Crippen LogP contribution in [-0.2, 0) is 11.3 Å². The van der Waals surface area contributed by atoms with E-state index in [4.69, 9.17) is 5.73 Å². The number of nitrogens with zero attached hydrogens (tertiary/aromatic N) is 1. The Morgan fingerprint density at radius 1 is 1.39 bits per heavy atom. The Morgan fingerprint density at radius 2 is 2.17 bits per heavy atom. The SMILES string of the molecule is Cc1cccc(=O)n1CCCCC(=O)NCCN. The Hall–Kier alpha value is -1.62. The summed E-state index contributed by atoms with van der Waals surface area (Å²) in [6.07, 6.45) is 2.08. The fraction of sp³-hybridized carbons (Fsp3) is 0.538. The second kappa shape index (κ2) is 7.66. The van der Waals surface area contributed by atoms with Gasteiger partial charge >= 0.3 is 0 Å². The lowest BCUT2D eigenvalue weighted by molar-refractivity contribution is -0.121. The number of aryl methyl sites for hydroxylation is 1. The third-order valence-corrected chi connectivity index (χ3v) is 2.77. The molecule has 0 atom stereocenters. The van der Waals surface area contributed by atoms with Crippen molar-refractivity contribution < 1.29 is 4.79 Å². The van der Waals surface area contributed by atoms with Gasteiger partial charge in [-0.3, -0.25) is 9.59 Å². The van der Waals surface area contributed by atoms with Gasteiger partial charge in [-0.1, -0.05) is 6.07 Å². The highest BCUT2D eigenvalue weighted by molar-refractivity contribution is 5.75. The molecule has 3 N–H and O–H groups in total. The molecule has 1 heterocycles. The lowest BCUT2D eigenvalue weighted by atomic mass is 10.2. The van der Waals surface area contributed by atoms with Gasteiger partial charge in [-0.25, -0.2) is 0 Å². The molecule has 5 nitrogen and oxygen atoms in total. The van der Waals surface area contributed by atoms with Crippen LogP contribution < -0.4 is 16.6 Å². The van der Waals surface area contributed by atoms with Gasteiger partial charge in [-0.2, -0.15) is 0 Å². The fourth-order valence-electron chi connectivity index (χ4n) is 1.77. The van der Waals surface area contributed by atoms with Crippen molar-refractivity contribution in [2.24, 2.45) is 5.73 Å². The van der Waals surface area contributed by atoms with E-state index in [0.29, 0.717) is 26.1 Å². The zero-order chi connectivity index (χ0) is 13.4. The average Bonchev–Trinajstić information content (AvgIpc) is 2.35. The van der Waals surface area contributed by atoms with E-state index >= 15 is 0 Å². The summed E-state index contributed by atoms with van der Waals surface area (Å²) in [6, 6.07) is 5.23. The van der Waals surface area contributed by atoms with Crippen molar-refractivity contribution in [2.75, 3.05) is 13.1 Å². The first-order valence-corrected chi connectivity index (χ1v) is 6.28. The lowest BCUT2D eigenvalue weighted by Gasteiger charge is -2.09. The number of hydrogen-bond acceptors (Lipinski definition) is 3. The van der Waals surface area contributed by atoms with Gasteiger partial charge in [-0.05, 0) is 25.8 Å². The van der Waals surface area contributed by atoms with Crippen LogP contribution in [0, 0.1) is 6.92 Å². The first kappa shape index (κ1) is 14.4. The molecule has 0 aromatic carbocycles. The number of hydrogen-bond donors (Lipinski definition) is 2. The lowest BCUT2D eigenvalue weighted by Crippen LogP contribution is -2.28. The van der Waals surface area contributed by atoms with Crippen LogP contribution in [0.5, 0.6) is 0 Å². The van der Waals surface area contributed by atoms with E-state index in [9.17, 15) is 9.59 Å². The van der Waals surface area contributed by atoms with Crippen LogP contribution in [0.2, 0.25) is 0 Å². The molecule has 0 radical (unpaired) electrons. The number of carbonyl (C=O) groups excluding carboxylic acids is 1. The molecule has 0 aliphatic carbocycles. The van der Waals surface area contributed by atoms with Gasteiger partial charge in [0.25, 0.3) is 5.56 Å². The smallest absolute Gasteiger partial charge is 0.250 e. The summed E-state index contributed by atoms with van der Waals surface area (Å²) < 4.78 is 1.73. The maximum absolute atomic E-state index is 11.6. The molecular formula is C13H21N3O2. The summed E-state index contributed by atoms with van der Waals surface area (Å²) in [7, 11) is 0. The van der Waals surface area contributed by atoms with Crippen molar-refractivity contribution >= 4 is 5.91 Å². The summed E-state index contributed by atoms with van der Waals surface area (Å²) in [6.45, 7) is 3.56. The van der Waals surface area contributed by atoms with Gasteiger partial charge in [0.1, 0.15) is 0 Å². The van der Waals surface area contributed by atoms with Gasteiger partial charge in [-0.15, -0.1) is 0 Å². The number of nitrogens with one attached hydrogen (secondary N) is 1. The van der Waals surface area contributed by atoms with E-state index in [0.717, 1.165) is 18.5 Å². The quantitative estimate of drug-likeness (QED) is 0.689. The van der Waals surface area contributed by atoms with E-state index in [1.54, 1.807) is 16.7 Å². The third kappa shape index (κ3) is 4.71. The number of rotatable bonds is 7. The maximum atomic E-state index is 11.6. The predicted molar refractivity (Wildman–Crippen MR) is 71.4 cm³/mol. The van der Waals surface area contributed by atoms with Crippen LogP contribution in [0.25, 0.3) is 0 Å². The summed E-state index contributed by atoms with van der Waals surface area (Å²) in [4.78, 5) is 22.9. The Bertz CT molecular complexity index is 440. The van der Waals surface area contributed by atoms with Crippen molar-refractivity contribution in [3.05, 3.63) is 34.2 Å². The number of pyridine rings is 1. The highest BCUT2D eigenvalue weighted by atomic mass is 16.1. The second-order valence-electron chi connectivity index (χ2n) is 4.25. The normalized spacial score (nSPS) is 10.3. The van der Waals surface area contributed by atoms with Crippen LogP contribution >= 0.6 is 0 Å². The number of carbonyl (C=O) groups is 1. The van der Waals surface area contributed by atoms with E-state index in [1.807, 2.05) is 13.0 Å². The monoisotopic (exact) mass is 251 g/mol. The van der Waals surface area contributed by atoms with Crippen LogP contribution in [0.3, 0.4) is 0 Å². The molecule has 100 valence electrons. The largest absolute Gasteiger partial charge is 0.355 e. The number of aromatic nitrogens is 1. The van der Waals surface area contributed by atoms with E-state index < -0.39 is 0 Å². The minimum Gasteiger partial charge on any atom is -0.355 e. The Kier molecular flexibility index (Phi) is 6.14. The third-order valence-electron chi connectivity index (χ3n) is 2.77. The summed E-state index contributed by atoms with van der Waals surface area (Å²) in [5.74, 6) is 0.0255. The van der Waals surface area contributed by atoms with Gasteiger partial charge in [0, 0.05) is 37.8 Å². The zero-order valence-electron chi connectivity index (χ0n) is 10.8. The Morgan fingerprint density at radius 3 is 2.83 bits per heavy atom. The summed E-state index contributed by atoms with van der Waals surface area (Å²) in [5, 5.41) is 2.72. The Balaban J connectivity index is 2.30. The molecule has 1 aromatic heterocycles. The van der Waals surface area contributed by atoms with Gasteiger partial charge < -0.3 is 15.6 Å². The van der Waals surface area contributed by atoms with Crippen LogP contribution in [0.1, 0.15) is 25.0 Å². The second-order valence-corrected chi connectivity index (χ2v) is 4.25. The van der Waals surface area contributed by atoms with Gasteiger partial charge in [0.15, 0.2) is 0 Å². The summed E-state index contributed by atoms with van der Waals surface area (Å²) >= 11 is 0. The van der Waals surface area contributed by atoms with Gasteiger partial charge in [0.2, 0.25) is 5.91 Å². The minimum atomic E-state index is 0.0163. The number of nitrogens with two attached hydrogens (primary N) is 1. The average molecular weight is 251 g/mol. The van der Waals surface area contributed by atoms with Crippen LogP contribution in [0.15, 0.2) is 23.0 Å². The van der Waals surface area contributed by atoms with Crippen molar-refractivity contribution in [2.45, 2.75) is 32.7 Å². The molecule has 0 aliphatic heterocycles. The molecule has 0 fully saturated rings. The zero-order valence-corrected chi connectivity index (χ0v) is 10.8. The molecular weight excluding hydrogens is 230 g/mol. The Labute approximate surface area is 107 Å². The van der Waals surface area contributed by atoms with Crippen LogP contribution in [0.4, 0.5) is 0 Å². The molecule has 0 saturated carbocycles. The maximum Gasteiger partial charge on any atom is 0.250 e. The molecule has 5 heteroatoms. The van der Waals surface area contributed by atoms with E-state index in [2.05, 4.69) is 5.32 Å². The molecule has 1 aromatic rings. The first-order chi connectivity index (χ1) is 8.65. The standard InChI is InChI=1S/C13H21N3O2/c1-11-5-4-7-13(18)16(11)10-3-2-6-12(17)15-9-8-14/h4-5,7H,2-3,6,8-10,14H2,1H3,(H,15,17). The topological polar surface area (TPSA) is 77.1 Å². The van der Waals surface area contributed by atoms with Crippen LogP contribution in [-0.4, -0.2) is 23.6 Å². The predicted octanol–water partition coefficient (Wildman–Crippen LogP) is 0.402.